The molecule has 1 aromatic heterocycles. The zero-order valence-electron chi connectivity index (χ0n) is 21.1. The average molecular weight is 486 g/mol. The van der Waals surface area contributed by atoms with E-state index in [4.69, 9.17) is 4.74 Å². The lowest BCUT2D eigenvalue weighted by molar-refractivity contribution is -0.146. The van der Waals surface area contributed by atoms with Gasteiger partial charge in [0.1, 0.15) is 23.3 Å². The van der Waals surface area contributed by atoms with Gasteiger partial charge in [0, 0.05) is 12.2 Å². The molecule has 1 heterocycles. The predicted molar refractivity (Wildman–Crippen MR) is 140 cm³/mol. The van der Waals surface area contributed by atoms with Crippen LogP contribution in [0.3, 0.4) is 0 Å². The monoisotopic (exact) mass is 485 g/mol. The number of fused-ring (bicyclic) bond motifs is 1. The van der Waals surface area contributed by atoms with E-state index in [9.17, 15) is 9.59 Å². The summed E-state index contributed by atoms with van der Waals surface area (Å²) in [5.74, 6) is 0.210. The van der Waals surface area contributed by atoms with E-state index in [2.05, 4.69) is 15.6 Å². The minimum Gasteiger partial charge on any atom is -0.497 e. The Morgan fingerprint density at radius 2 is 1.72 bits per heavy atom. The number of nitrogens with one attached hydrogen (secondary N) is 1. The van der Waals surface area contributed by atoms with Crippen molar-refractivity contribution in [3.05, 3.63) is 83.9 Å². The number of benzene rings is 3. The first-order valence-electron chi connectivity index (χ1n) is 11.9. The zero-order valence-corrected chi connectivity index (χ0v) is 21.1. The van der Waals surface area contributed by atoms with Gasteiger partial charge in [-0.25, -0.2) is 4.68 Å². The number of nitrogens with zero attached hydrogens (tertiary/aromatic N) is 4. The third-order valence-corrected chi connectivity index (χ3v) is 6.59. The highest BCUT2D eigenvalue weighted by Gasteiger charge is 2.41. The van der Waals surface area contributed by atoms with Crippen LogP contribution in [-0.4, -0.2) is 44.4 Å². The molecule has 0 fully saturated rings. The Kier molecular flexibility index (Phi) is 7.33. The van der Waals surface area contributed by atoms with Gasteiger partial charge in [0.15, 0.2) is 0 Å². The molecule has 1 N–H and O–H groups in total. The minimum absolute atomic E-state index is 0.0300. The second-order valence-corrected chi connectivity index (χ2v) is 9.01. The van der Waals surface area contributed by atoms with E-state index in [1.54, 1.807) is 47.9 Å². The molecule has 0 bridgehead atoms. The number of carbonyl (C=O) groups is 2. The number of methoxy groups -OCH3 is 1. The molecule has 3 aromatic carbocycles. The third-order valence-electron chi connectivity index (χ3n) is 6.59. The van der Waals surface area contributed by atoms with Crippen molar-refractivity contribution in [2.24, 2.45) is 0 Å². The van der Waals surface area contributed by atoms with E-state index in [0.717, 1.165) is 16.6 Å². The molecule has 8 heteroatoms. The topological polar surface area (TPSA) is 89.4 Å². The van der Waals surface area contributed by atoms with Crippen molar-refractivity contribution in [2.75, 3.05) is 12.4 Å². The maximum Gasteiger partial charge on any atom is 0.250 e. The lowest BCUT2D eigenvalue weighted by atomic mass is 9.93. The van der Waals surface area contributed by atoms with Crippen molar-refractivity contribution in [3.8, 4) is 5.75 Å². The maximum absolute atomic E-state index is 13.8. The number of hydrogen-bond donors (Lipinski definition) is 1. The van der Waals surface area contributed by atoms with Gasteiger partial charge >= 0.3 is 0 Å². The highest BCUT2D eigenvalue weighted by Crippen LogP contribution is 2.26. The summed E-state index contributed by atoms with van der Waals surface area (Å²) in [6.07, 6.45) is 0.421. The van der Waals surface area contributed by atoms with Crippen LogP contribution in [0.25, 0.3) is 11.0 Å². The maximum atomic E-state index is 13.8. The fourth-order valence-corrected chi connectivity index (χ4v) is 4.08. The molecule has 0 saturated carbocycles. The number of ether oxygens (including phenoxy) is 1. The average Bonchev–Trinajstić information content (AvgIpc) is 3.30. The number of amides is 2. The second kappa shape index (κ2) is 10.6. The number of carbonyl (C=O) groups excluding carboxylic acids is 2. The number of anilines is 1. The summed E-state index contributed by atoms with van der Waals surface area (Å²) >= 11 is 0. The molecular formula is C28H31N5O3. The molecule has 4 aromatic rings. The summed E-state index contributed by atoms with van der Waals surface area (Å²) < 4.78 is 6.79. The SMILES string of the molecule is CCC(C)(C(=O)Nc1ccc(OC)cc1)N(Cc1ccc(C)cc1)C(=O)Cn1nnc2ccccc21. The van der Waals surface area contributed by atoms with Crippen LogP contribution in [-0.2, 0) is 22.7 Å². The van der Waals surface area contributed by atoms with Gasteiger partial charge < -0.3 is 15.0 Å². The molecule has 0 aliphatic carbocycles. The summed E-state index contributed by atoms with van der Waals surface area (Å²) in [4.78, 5) is 29.1. The van der Waals surface area contributed by atoms with Crippen molar-refractivity contribution in [1.82, 2.24) is 19.9 Å². The van der Waals surface area contributed by atoms with Crippen LogP contribution in [0.4, 0.5) is 5.69 Å². The smallest absolute Gasteiger partial charge is 0.250 e. The Balaban J connectivity index is 1.65. The minimum atomic E-state index is -1.11. The molecule has 4 rings (SSSR count). The number of para-hydroxylation sites is 1. The Bertz CT molecular complexity index is 1350. The van der Waals surface area contributed by atoms with Gasteiger partial charge in [-0.2, -0.15) is 0 Å². The molecule has 0 aliphatic rings. The Labute approximate surface area is 210 Å². The largest absolute Gasteiger partial charge is 0.497 e. The quantitative estimate of drug-likeness (QED) is 0.375. The lowest BCUT2D eigenvalue weighted by Crippen LogP contribution is -2.57. The van der Waals surface area contributed by atoms with Crippen LogP contribution >= 0.6 is 0 Å². The summed E-state index contributed by atoms with van der Waals surface area (Å²) in [5, 5.41) is 11.3. The van der Waals surface area contributed by atoms with Crippen LogP contribution < -0.4 is 10.1 Å². The van der Waals surface area contributed by atoms with Gasteiger partial charge in [-0.15, -0.1) is 5.10 Å². The fraction of sp³-hybridized carbons (Fsp3) is 0.286. The van der Waals surface area contributed by atoms with Crippen molar-refractivity contribution in [3.63, 3.8) is 0 Å². The first kappa shape index (κ1) is 24.9. The molecule has 0 aliphatic heterocycles. The van der Waals surface area contributed by atoms with Gasteiger partial charge in [-0.3, -0.25) is 9.59 Å². The molecule has 0 radical (unpaired) electrons. The molecule has 186 valence electrons. The van der Waals surface area contributed by atoms with Crippen molar-refractivity contribution in [1.29, 1.82) is 0 Å². The van der Waals surface area contributed by atoms with Crippen LogP contribution in [0, 0.1) is 6.92 Å². The number of aryl methyl sites for hydroxylation is 1. The third kappa shape index (κ3) is 5.22. The normalized spacial score (nSPS) is 12.7. The van der Waals surface area contributed by atoms with Crippen molar-refractivity contribution in [2.45, 2.75) is 45.8 Å². The van der Waals surface area contributed by atoms with E-state index >= 15 is 0 Å². The van der Waals surface area contributed by atoms with Crippen LogP contribution in [0.15, 0.2) is 72.8 Å². The standard InChI is InChI=1S/C28H31N5O3/c1-5-28(3,27(35)29-22-14-16-23(36-4)17-15-22)32(18-21-12-10-20(2)11-13-21)26(34)19-33-25-9-7-6-8-24(25)30-31-33/h6-17H,5,18-19H2,1-4H3,(H,29,35). The lowest BCUT2D eigenvalue weighted by Gasteiger charge is -2.39. The van der Waals surface area contributed by atoms with Gasteiger partial charge in [0.05, 0.1) is 12.6 Å². The van der Waals surface area contributed by atoms with Gasteiger partial charge in [-0.05, 0) is 62.2 Å². The summed E-state index contributed by atoms with van der Waals surface area (Å²) in [6.45, 7) is 5.98. The van der Waals surface area contributed by atoms with Crippen LogP contribution in [0.2, 0.25) is 0 Å². The van der Waals surface area contributed by atoms with E-state index in [-0.39, 0.29) is 24.9 Å². The molecule has 8 nitrogen and oxygen atoms in total. The highest BCUT2D eigenvalue weighted by atomic mass is 16.5. The Hall–Kier alpha value is -4.20. The zero-order chi connectivity index (χ0) is 25.7. The predicted octanol–water partition coefficient (Wildman–Crippen LogP) is 4.58. The molecule has 1 atom stereocenters. The Morgan fingerprint density at radius 1 is 1.03 bits per heavy atom. The number of hydrogen-bond acceptors (Lipinski definition) is 5. The Morgan fingerprint density at radius 3 is 2.39 bits per heavy atom. The van der Waals surface area contributed by atoms with Crippen LogP contribution in [0.5, 0.6) is 5.75 Å². The van der Waals surface area contributed by atoms with Crippen LogP contribution in [0.1, 0.15) is 31.4 Å². The second-order valence-electron chi connectivity index (χ2n) is 9.01. The van der Waals surface area contributed by atoms with Gasteiger partial charge in [0.25, 0.3) is 0 Å². The van der Waals surface area contributed by atoms with Crippen molar-refractivity contribution >= 4 is 28.5 Å². The molecular weight excluding hydrogens is 454 g/mol. The van der Waals surface area contributed by atoms with E-state index < -0.39 is 5.54 Å². The number of aromatic nitrogens is 3. The highest BCUT2D eigenvalue weighted by molar-refractivity contribution is 6.00. The van der Waals surface area contributed by atoms with E-state index in [1.165, 1.54) is 0 Å². The van der Waals surface area contributed by atoms with Gasteiger partial charge in [0.2, 0.25) is 11.8 Å². The number of rotatable bonds is 9. The summed E-state index contributed by atoms with van der Waals surface area (Å²) in [6, 6.07) is 22.6. The first-order chi connectivity index (χ1) is 17.3. The summed E-state index contributed by atoms with van der Waals surface area (Å²) in [7, 11) is 1.59. The molecule has 36 heavy (non-hydrogen) atoms. The van der Waals surface area contributed by atoms with E-state index in [1.807, 2.05) is 62.4 Å². The van der Waals surface area contributed by atoms with E-state index in [0.29, 0.717) is 23.4 Å². The molecule has 1 unspecified atom stereocenters. The first-order valence-corrected chi connectivity index (χ1v) is 11.9. The summed E-state index contributed by atoms with van der Waals surface area (Å²) in [5.41, 5.74) is 3.06. The van der Waals surface area contributed by atoms with Crippen molar-refractivity contribution < 1.29 is 14.3 Å². The molecule has 2 amide bonds. The van der Waals surface area contributed by atoms with Gasteiger partial charge in [-0.1, -0.05) is 54.1 Å². The molecule has 0 spiro atoms. The molecule has 0 saturated heterocycles. The fourth-order valence-electron chi connectivity index (χ4n) is 4.08.